The number of hydrogen-bond acceptors (Lipinski definition) is 4. The molecule has 0 saturated heterocycles. The summed E-state index contributed by atoms with van der Waals surface area (Å²) >= 11 is 3.43. The van der Waals surface area contributed by atoms with E-state index in [1.807, 2.05) is 25.1 Å². The van der Waals surface area contributed by atoms with Crippen molar-refractivity contribution in [1.82, 2.24) is 0 Å². The minimum absolute atomic E-state index is 0.0826. The molecule has 4 nitrogen and oxygen atoms in total. The molecule has 1 aromatic carbocycles. The Labute approximate surface area is 122 Å². The van der Waals surface area contributed by atoms with Crippen LogP contribution in [0.4, 0.5) is 0 Å². The number of carbonyl (C=O) groups is 1. The standard InChI is InChI=1S/C14H20BrNO3/c1-3-11(16)8-10-6-5-7-12(15)14(10)19-9-13(17)18-4-2/h5-7,11H,3-4,8-9,16H2,1-2H3. The Kier molecular flexibility index (Phi) is 6.87. The van der Waals surface area contributed by atoms with E-state index in [4.69, 9.17) is 15.2 Å². The minimum Gasteiger partial charge on any atom is -0.480 e. The van der Waals surface area contributed by atoms with Gasteiger partial charge in [0.2, 0.25) is 0 Å². The van der Waals surface area contributed by atoms with Gasteiger partial charge >= 0.3 is 5.97 Å². The molecule has 5 heteroatoms. The van der Waals surface area contributed by atoms with Crippen molar-refractivity contribution in [2.45, 2.75) is 32.7 Å². The third-order valence-electron chi connectivity index (χ3n) is 2.69. The molecule has 0 saturated carbocycles. The van der Waals surface area contributed by atoms with E-state index in [1.54, 1.807) is 6.92 Å². The van der Waals surface area contributed by atoms with E-state index in [2.05, 4.69) is 15.9 Å². The molecule has 1 unspecified atom stereocenters. The Balaban J connectivity index is 2.77. The first-order chi connectivity index (χ1) is 9.08. The van der Waals surface area contributed by atoms with E-state index >= 15 is 0 Å². The quantitative estimate of drug-likeness (QED) is 0.781. The molecule has 2 N–H and O–H groups in total. The molecule has 0 aliphatic heterocycles. The van der Waals surface area contributed by atoms with Crippen LogP contribution in [0, 0.1) is 0 Å². The van der Waals surface area contributed by atoms with Crippen LogP contribution in [-0.4, -0.2) is 25.2 Å². The van der Waals surface area contributed by atoms with Crippen LogP contribution in [0.2, 0.25) is 0 Å². The zero-order valence-corrected chi connectivity index (χ0v) is 12.9. The van der Waals surface area contributed by atoms with E-state index in [9.17, 15) is 4.79 Å². The number of hydrogen-bond donors (Lipinski definition) is 1. The number of halogens is 1. The van der Waals surface area contributed by atoms with Gasteiger partial charge in [0.05, 0.1) is 11.1 Å². The van der Waals surface area contributed by atoms with Crippen LogP contribution < -0.4 is 10.5 Å². The van der Waals surface area contributed by atoms with Gasteiger partial charge in [0.1, 0.15) is 5.75 Å². The molecule has 0 fully saturated rings. The molecule has 0 bridgehead atoms. The van der Waals surface area contributed by atoms with Gasteiger partial charge in [0.15, 0.2) is 6.61 Å². The molecular weight excluding hydrogens is 310 g/mol. The van der Waals surface area contributed by atoms with Crippen LogP contribution >= 0.6 is 15.9 Å². The van der Waals surface area contributed by atoms with Crippen LogP contribution in [0.3, 0.4) is 0 Å². The molecule has 1 rings (SSSR count). The number of rotatable bonds is 7. The maximum absolute atomic E-state index is 11.3. The fourth-order valence-electron chi connectivity index (χ4n) is 1.64. The van der Waals surface area contributed by atoms with Gasteiger partial charge in [-0.3, -0.25) is 0 Å². The summed E-state index contributed by atoms with van der Waals surface area (Å²) in [5, 5.41) is 0. The summed E-state index contributed by atoms with van der Waals surface area (Å²) in [6, 6.07) is 5.85. The number of carbonyl (C=O) groups excluding carboxylic acids is 1. The van der Waals surface area contributed by atoms with Crippen LogP contribution in [0.15, 0.2) is 22.7 Å². The Morgan fingerprint density at radius 2 is 2.16 bits per heavy atom. The normalized spacial score (nSPS) is 12.0. The Morgan fingerprint density at radius 1 is 1.42 bits per heavy atom. The molecule has 0 spiro atoms. The molecule has 1 aromatic rings. The molecule has 0 aliphatic carbocycles. The van der Waals surface area contributed by atoms with Gasteiger partial charge in [-0.2, -0.15) is 0 Å². The number of esters is 1. The van der Waals surface area contributed by atoms with E-state index < -0.39 is 0 Å². The lowest BCUT2D eigenvalue weighted by molar-refractivity contribution is -0.145. The summed E-state index contributed by atoms with van der Waals surface area (Å²) in [6.07, 6.45) is 1.61. The second kappa shape index (κ2) is 8.17. The van der Waals surface area contributed by atoms with Crippen LogP contribution in [-0.2, 0) is 16.0 Å². The molecule has 106 valence electrons. The Morgan fingerprint density at radius 3 is 2.79 bits per heavy atom. The highest BCUT2D eigenvalue weighted by Crippen LogP contribution is 2.30. The minimum atomic E-state index is -0.371. The van der Waals surface area contributed by atoms with Crippen LogP contribution in [0.25, 0.3) is 0 Å². The summed E-state index contributed by atoms with van der Waals surface area (Å²) in [6.45, 7) is 4.07. The van der Waals surface area contributed by atoms with Gasteiger partial charge in [-0.05, 0) is 47.3 Å². The molecule has 0 heterocycles. The third kappa shape index (κ3) is 5.20. The first kappa shape index (κ1) is 16.0. The van der Waals surface area contributed by atoms with Crippen LogP contribution in [0.5, 0.6) is 5.75 Å². The maximum atomic E-state index is 11.3. The van der Waals surface area contributed by atoms with Crippen molar-refractivity contribution in [3.05, 3.63) is 28.2 Å². The monoisotopic (exact) mass is 329 g/mol. The average molecular weight is 330 g/mol. The van der Waals surface area contributed by atoms with Gasteiger partial charge in [-0.15, -0.1) is 0 Å². The lowest BCUT2D eigenvalue weighted by Gasteiger charge is -2.15. The van der Waals surface area contributed by atoms with Crippen molar-refractivity contribution in [1.29, 1.82) is 0 Å². The van der Waals surface area contributed by atoms with Gasteiger partial charge < -0.3 is 15.2 Å². The lowest BCUT2D eigenvalue weighted by atomic mass is 10.0. The summed E-state index contributed by atoms with van der Waals surface area (Å²) in [7, 11) is 0. The molecular formula is C14H20BrNO3. The fourth-order valence-corrected chi connectivity index (χ4v) is 2.16. The molecule has 19 heavy (non-hydrogen) atoms. The summed E-state index contributed by atoms with van der Waals surface area (Å²) in [5.74, 6) is 0.295. The van der Waals surface area contributed by atoms with Crippen molar-refractivity contribution in [3.8, 4) is 5.75 Å². The maximum Gasteiger partial charge on any atom is 0.344 e. The van der Waals surface area contributed by atoms with Crippen molar-refractivity contribution < 1.29 is 14.3 Å². The zero-order valence-electron chi connectivity index (χ0n) is 11.3. The van der Waals surface area contributed by atoms with E-state index in [0.29, 0.717) is 18.8 Å². The second-order valence-electron chi connectivity index (χ2n) is 4.19. The number of nitrogens with two attached hydrogens (primary N) is 1. The summed E-state index contributed by atoms with van der Waals surface area (Å²) in [5.41, 5.74) is 6.96. The molecule has 1 atom stereocenters. The van der Waals surface area contributed by atoms with Crippen molar-refractivity contribution in [3.63, 3.8) is 0 Å². The van der Waals surface area contributed by atoms with E-state index in [0.717, 1.165) is 16.5 Å². The summed E-state index contributed by atoms with van der Waals surface area (Å²) in [4.78, 5) is 11.3. The van der Waals surface area contributed by atoms with Crippen LogP contribution in [0.1, 0.15) is 25.8 Å². The first-order valence-corrected chi connectivity index (χ1v) is 7.19. The highest BCUT2D eigenvalue weighted by Gasteiger charge is 2.13. The third-order valence-corrected chi connectivity index (χ3v) is 3.32. The predicted molar refractivity (Wildman–Crippen MR) is 78.2 cm³/mol. The lowest BCUT2D eigenvalue weighted by Crippen LogP contribution is -2.22. The predicted octanol–water partition coefficient (Wildman–Crippen LogP) is 2.67. The molecule has 0 radical (unpaired) electrons. The largest absolute Gasteiger partial charge is 0.480 e. The number of para-hydroxylation sites is 1. The smallest absolute Gasteiger partial charge is 0.344 e. The van der Waals surface area contributed by atoms with Crippen molar-refractivity contribution >= 4 is 21.9 Å². The van der Waals surface area contributed by atoms with Crippen molar-refractivity contribution in [2.75, 3.05) is 13.2 Å². The Hall–Kier alpha value is -1.07. The average Bonchev–Trinajstić information content (AvgIpc) is 2.38. The highest BCUT2D eigenvalue weighted by molar-refractivity contribution is 9.10. The van der Waals surface area contributed by atoms with Gasteiger partial charge in [0.25, 0.3) is 0 Å². The molecule has 0 aliphatic rings. The number of ether oxygens (including phenoxy) is 2. The molecule has 0 amide bonds. The van der Waals surface area contributed by atoms with E-state index in [1.165, 1.54) is 0 Å². The van der Waals surface area contributed by atoms with Gasteiger partial charge in [-0.1, -0.05) is 19.1 Å². The molecule has 0 aromatic heterocycles. The zero-order chi connectivity index (χ0) is 14.3. The topological polar surface area (TPSA) is 61.5 Å². The van der Waals surface area contributed by atoms with E-state index in [-0.39, 0.29) is 18.6 Å². The SMILES string of the molecule is CCOC(=O)COc1c(Br)cccc1CC(N)CC. The van der Waals surface area contributed by atoms with Gasteiger partial charge in [0, 0.05) is 6.04 Å². The van der Waals surface area contributed by atoms with Crippen molar-refractivity contribution in [2.24, 2.45) is 5.73 Å². The Bertz CT molecular complexity index is 423. The van der Waals surface area contributed by atoms with Gasteiger partial charge in [-0.25, -0.2) is 4.79 Å². The highest BCUT2D eigenvalue weighted by atomic mass is 79.9. The summed E-state index contributed by atoms with van der Waals surface area (Å²) < 4.78 is 11.2. The fraction of sp³-hybridized carbons (Fsp3) is 0.500. The second-order valence-corrected chi connectivity index (χ2v) is 5.05. The first-order valence-electron chi connectivity index (χ1n) is 6.39. The number of benzene rings is 1.